The van der Waals surface area contributed by atoms with Crippen LogP contribution in [-0.4, -0.2) is 45.6 Å². The Morgan fingerprint density at radius 3 is 2.38 bits per heavy atom. The number of nitrogens with one attached hydrogen (secondary N) is 2. The van der Waals surface area contributed by atoms with E-state index in [1.807, 2.05) is 43.3 Å². The Kier molecular flexibility index (Phi) is 7.19. The molecule has 1 aromatic carbocycles. The van der Waals surface area contributed by atoms with Crippen molar-refractivity contribution in [2.24, 2.45) is 11.8 Å². The van der Waals surface area contributed by atoms with E-state index < -0.39 is 10.0 Å². The predicted molar refractivity (Wildman–Crippen MR) is 132 cm³/mol. The standard InChI is InChI=1S/C22H28ClN5O2S2/c1-28(2)21-17-5-3-4-6-18(17)26-22(27-21)24-13-15-7-9-16(10-8-15)14-25-32(29,30)20-12-11-19(23)31-20/h3-6,11-12,15-16,25H,7-10,13-14H2,1-2H3,(H,24,26,27)/t15-,16-. The maximum atomic E-state index is 12.4. The summed E-state index contributed by atoms with van der Waals surface area (Å²) < 4.78 is 28.3. The van der Waals surface area contributed by atoms with E-state index in [9.17, 15) is 8.42 Å². The van der Waals surface area contributed by atoms with E-state index in [4.69, 9.17) is 16.6 Å². The number of para-hydroxylation sites is 1. The predicted octanol–water partition coefficient (Wildman–Crippen LogP) is 4.61. The van der Waals surface area contributed by atoms with E-state index in [-0.39, 0.29) is 4.21 Å². The van der Waals surface area contributed by atoms with Gasteiger partial charge in [-0.05, 0) is 61.8 Å². The molecule has 2 N–H and O–H groups in total. The Labute approximate surface area is 198 Å². The van der Waals surface area contributed by atoms with Gasteiger partial charge in [0.25, 0.3) is 0 Å². The quantitative estimate of drug-likeness (QED) is 0.476. The Hall–Kier alpha value is -1.94. The lowest BCUT2D eigenvalue weighted by Crippen LogP contribution is -2.32. The van der Waals surface area contributed by atoms with Gasteiger partial charge in [0.1, 0.15) is 10.0 Å². The summed E-state index contributed by atoms with van der Waals surface area (Å²) in [5.41, 5.74) is 0.928. The van der Waals surface area contributed by atoms with Crippen molar-refractivity contribution in [1.29, 1.82) is 0 Å². The average Bonchev–Trinajstić information content (AvgIpc) is 3.23. The molecule has 4 rings (SSSR count). The van der Waals surface area contributed by atoms with E-state index in [0.717, 1.165) is 60.3 Å². The SMILES string of the molecule is CN(C)c1nc(NC[C@H]2CC[C@H](CNS(=O)(=O)c3ccc(Cl)s3)CC2)nc2ccccc12. The number of hydrogen-bond donors (Lipinski definition) is 2. The number of fused-ring (bicyclic) bond motifs is 1. The molecule has 0 saturated heterocycles. The van der Waals surface area contributed by atoms with Crippen LogP contribution in [0.5, 0.6) is 0 Å². The third kappa shape index (κ3) is 5.51. The highest BCUT2D eigenvalue weighted by atomic mass is 35.5. The summed E-state index contributed by atoms with van der Waals surface area (Å²) in [6.45, 7) is 1.29. The fraction of sp³-hybridized carbons (Fsp3) is 0.455. The second kappa shape index (κ2) is 9.91. The van der Waals surface area contributed by atoms with Gasteiger partial charge in [-0.15, -0.1) is 11.3 Å². The van der Waals surface area contributed by atoms with Crippen LogP contribution in [0.1, 0.15) is 25.7 Å². The van der Waals surface area contributed by atoms with Crippen LogP contribution >= 0.6 is 22.9 Å². The number of nitrogens with zero attached hydrogens (tertiary/aromatic N) is 3. The zero-order chi connectivity index (χ0) is 22.7. The molecule has 32 heavy (non-hydrogen) atoms. The molecule has 0 bridgehead atoms. The first-order valence-corrected chi connectivity index (χ1v) is 13.4. The topological polar surface area (TPSA) is 87.2 Å². The second-order valence-corrected chi connectivity index (χ2v) is 12.2. The molecule has 1 saturated carbocycles. The Bertz CT molecular complexity index is 1170. The van der Waals surface area contributed by atoms with Crippen LogP contribution < -0.4 is 14.9 Å². The molecule has 0 atom stereocenters. The summed E-state index contributed by atoms with van der Waals surface area (Å²) in [6.07, 6.45) is 4.11. The molecule has 3 aromatic rings. The number of halogens is 1. The van der Waals surface area contributed by atoms with Gasteiger partial charge >= 0.3 is 0 Å². The Balaban J connectivity index is 1.28. The molecular weight excluding hydrogens is 466 g/mol. The zero-order valence-corrected chi connectivity index (χ0v) is 20.6. The van der Waals surface area contributed by atoms with E-state index in [1.54, 1.807) is 12.1 Å². The fourth-order valence-electron chi connectivity index (χ4n) is 4.10. The monoisotopic (exact) mass is 493 g/mol. The molecule has 1 fully saturated rings. The number of hydrogen-bond acceptors (Lipinski definition) is 7. The van der Waals surface area contributed by atoms with Crippen LogP contribution in [0.3, 0.4) is 0 Å². The number of aromatic nitrogens is 2. The van der Waals surface area contributed by atoms with Crippen LogP contribution in [0.25, 0.3) is 10.9 Å². The smallest absolute Gasteiger partial charge is 0.250 e. The minimum absolute atomic E-state index is 0.271. The number of thiophene rings is 1. The highest BCUT2D eigenvalue weighted by Gasteiger charge is 2.24. The van der Waals surface area contributed by atoms with E-state index in [2.05, 4.69) is 15.0 Å². The van der Waals surface area contributed by atoms with Crippen molar-refractivity contribution in [2.45, 2.75) is 29.9 Å². The highest BCUT2D eigenvalue weighted by Crippen LogP contribution is 2.30. The molecule has 0 unspecified atom stereocenters. The first-order chi connectivity index (χ1) is 15.3. The van der Waals surface area contributed by atoms with Crippen molar-refractivity contribution in [3.63, 3.8) is 0 Å². The molecule has 2 aromatic heterocycles. The molecule has 0 amide bonds. The van der Waals surface area contributed by atoms with Crippen molar-refractivity contribution in [3.05, 3.63) is 40.7 Å². The van der Waals surface area contributed by atoms with Crippen molar-refractivity contribution < 1.29 is 8.42 Å². The molecule has 10 heteroatoms. The molecular formula is C22H28ClN5O2S2. The molecule has 0 aliphatic heterocycles. The number of sulfonamides is 1. The summed E-state index contributed by atoms with van der Waals surface area (Å²) in [4.78, 5) is 11.4. The molecule has 1 aliphatic rings. The van der Waals surface area contributed by atoms with Gasteiger partial charge in [-0.2, -0.15) is 4.98 Å². The van der Waals surface area contributed by atoms with Gasteiger partial charge in [0.15, 0.2) is 0 Å². The molecule has 2 heterocycles. The molecule has 1 aliphatic carbocycles. The second-order valence-electron chi connectivity index (χ2n) is 8.46. The molecule has 0 spiro atoms. The average molecular weight is 494 g/mol. The fourth-order valence-corrected chi connectivity index (χ4v) is 6.74. The lowest BCUT2D eigenvalue weighted by molar-refractivity contribution is 0.284. The maximum Gasteiger partial charge on any atom is 0.250 e. The van der Waals surface area contributed by atoms with Crippen molar-refractivity contribution >= 4 is 55.6 Å². The summed E-state index contributed by atoms with van der Waals surface area (Å²) in [5.74, 6) is 2.43. The van der Waals surface area contributed by atoms with Crippen LogP contribution in [0.4, 0.5) is 11.8 Å². The van der Waals surface area contributed by atoms with Crippen molar-refractivity contribution in [2.75, 3.05) is 37.4 Å². The van der Waals surface area contributed by atoms with Gasteiger partial charge in [-0.25, -0.2) is 18.1 Å². The third-order valence-electron chi connectivity index (χ3n) is 5.90. The van der Waals surface area contributed by atoms with Gasteiger partial charge < -0.3 is 10.2 Å². The molecule has 172 valence electrons. The summed E-state index contributed by atoms with van der Waals surface area (Å²) >= 11 is 6.95. The summed E-state index contributed by atoms with van der Waals surface area (Å²) in [6, 6.07) is 11.2. The Morgan fingerprint density at radius 2 is 1.72 bits per heavy atom. The van der Waals surface area contributed by atoms with Gasteiger partial charge in [-0.1, -0.05) is 23.7 Å². The lowest BCUT2D eigenvalue weighted by atomic mass is 9.82. The van der Waals surface area contributed by atoms with Gasteiger partial charge in [0, 0.05) is 32.6 Å². The first-order valence-electron chi connectivity index (χ1n) is 10.7. The van der Waals surface area contributed by atoms with Crippen LogP contribution in [-0.2, 0) is 10.0 Å². The van der Waals surface area contributed by atoms with Gasteiger partial charge in [0.05, 0.1) is 9.85 Å². The van der Waals surface area contributed by atoms with E-state index in [1.165, 1.54) is 0 Å². The van der Waals surface area contributed by atoms with E-state index >= 15 is 0 Å². The van der Waals surface area contributed by atoms with Crippen molar-refractivity contribution in [3.8, 4) is 0 Å². The number of rotatable bonds is 8. The molecule has 0 radical (unpaired) electrons. The Morgan fingerprint density at radius 1 is 1.03 bits per heavy atom. The zero-order valence-electron chi connectivity index (χ0n) is 18.2. The van der Waals surface area contributed by atoms with Gasteiger partial charge in [0.2, 0.25) is 16.0 Å². The minimum Gasteiger partial charge on any atom is -0.362 e. The van der Waals surface area contributed by atoms with Crippen LogP contribution in [0.15, 0.2) is 40.6 Å². The van der Waals surface area contributed by atoms with Gasteiger partial charge in [-0.3, -0.25) is 0 Å². The van der Waals surface area contributed by atoms with Crippen LogP contribution in [0.2, 0.25) is 4.34 Å². The van der Waals surface area contributed by atoms with E-state index in [0.29, 0.717) is 28.7 Å². The first kappa shape index (κ1) is 23.2. The highest BCUT2D eigenvalue weighted by molar-refractivity contribution is 7.91. The number of benzene rings is 1. The normalized spacial score (nSPS) is 19.2. The third-order valence-corrected chi connectivity index (χ3v) is 9.04. The molecule has 7 nitrogen and oxygen atoms in total. The number of anilines is 2. The van der Waals surface area contributed by atoms with Crippen LogP contribution in [0, 0.1) is 11.8 Å². The van der Waals surface area contributed by atoms with Crippen molar-refractivity contribution in [1.82, 2.24) is 14.7 Å². The summed E-state index contributed by atoms with van der Waals surface area (Å²) in [7, 11) is 0.498. The largest absolute Gasteiger partial charge is 0.362 e. The lowest BCUT2D eigenvalue weighted by Gasteiger charge is -2.28. The maximum absolute atomic E-state index is 12.4. The summed E-state index contributed by atoms with van der Waals surface area (Å²) in [5, 5.41) is 4.46. The minimum atomic E-state index is -3.48.